The first-order valence-electron chi connectivity index (χ1n) is 10.8. The number of nitrogens with zero attached hydrogens (tertiary/aromatic N) is 3. The number of carboxylic acid groups (broad SMARTS) is 1. The van der Waals surface area contributed by atoms with E-state index in [4.69, 9.17) is 0 Å². The molecule has 4 rings (SSSR count). The summed E-state index contributed by atoms with van der Waals surface area (Å²) in [4.78, 5) is 33.2. The van der Waals surface area contributed by atoms with Crippen molar-refractivity contribution in [3.8, 4) is 0 Å². The van der Waals surface area contributed by atoms with Crippen molar-refractivity contribution in [2.75, 3.05) is 42.9 Å². The van der Waals surface area contributed by atoms with Gasteiger partial charge in [-0.25, -0.2) is 14.2 Å². The van der Waals surface area contributed by atoms with E-state index in [-0.39, 0.29) is 16.8 Å². The smallest absolute Gasteiger partial charge is 0.339 e. The van der Waals surface area contributed by atoms with E-state index in [1.165, 1.54) is 43.3 Å². The third-order valence-electron chi connectivity index (χ3n) is 6.01. The van der Waals surface area contributed by atoms with Crippen LogP contribution in [-0.4, -0.2) is 59.6 Å². The Balaban J connectivity index is 1.50. The zero-order valence-electron chi connectivity index (χ0n) is 17.4. The highest BCUT2D eigenvalue weighted by Crippen LogP contribution is 2.28. The number of amides is 1. The molecule has 8 heteroatoms. The zero-order valence-corrected chi connectivity index (χ0v) is 17.4. The molecule has 1 aromatic heterocycles. The van der Waals surface area contributed by atoms with E-state index in [1.807, 2.05) is 4.90 Å². The number of aromatic carboxylic acids is 1. The van der Waals surface area contributed by atoms with Crippen molar-refractivity contribution in [1.82, 2.24) is 9.88 Å². The van der Waals surface area contributed by atoms with Gasteiger partial charge < -0.3 is 20.2 Å². The molecule has 2 N–H and O–H groups in total. The van der Waals surface area contributed by atoms with Gasteiger partial charge in [-0.2, -0.15) is 0 Å². The summed E-state index contributed by atoms with van der Waals surface area (Å²) in [7, 11) is 0. The van der Waals surface area contributed by atoms with Crippen molar-refractivity contribution in [2.45, 2.75) is 25.7 Å². The van der Waals surface area contributed by atoms with Gasteiger partial charge in [0.15, 0.2) is 0 Å². The standard InChI is InChI=1S/C23H27FN4O3/c24-20-8-2-1-7-18(20)22(29)26-17-12-19(23(30)31)21(25-13-17)28-11-5-6-16(15-28)14-27-9-3-4-10-27/h1-2,7-8,12-13,16H,3-6,9-11,14-15H2,(H,26,29)(H,30,31). The van der Waals surface area contributed by atoms with Crippen molar-refractivity contribution in [2.24, 2.45) is 5.92 Å². The van der Waals surface area contributed by atoms with Crippen LogP contribution in [0.25, 0.3) is 0 Å². The highest BCUT2D eigenvalue weighted by molar-refractivity contribution is 6.05. The number of carbonyl (C=O) groups is 2. The molecule has 7 nitrogen and oxygen atoms in total. The number of halogens is 1. The maximum Gasteiger partial charge on any atom is 0.339 e. The second-order valence-electron chi connectivity index (χ2n) is 8.30. The molecule has 2 aliphatic heterocycles. The molecular weight excluding hydrogens is 399 g/mol. The van der Waals surface area contributed by atoms with Crippen LogP contribution in [0.1, 0.15) is 46.4 Å². The fraction of sp³-hybridized carbons (Fsp3) is 0.435. The summed E-state index contributed by atoms with van der Waals surface area (Å²) in [6.45, 7) is 4.85. The molecule has 2 fully saturated rings. The average molecular weight is 426 g/mol. The van der Waals surface area contributed by atoms with E-state index in [9.17, 15) is 19.1 Å². The number of pyridine rings is 1. The number of likely N-dealkylation sites (tertiary alicyclic amines) is 1. The van der Waals surface area contributed by atoms with E-state index in [0.29, 0.717) is 11.7 Å². The summed E-state index contributed by atoms with van der Waals surface area (Å²) < 4.78 is 13.9. The van der Waals surface area contributed by atoms with Crippen LogP contribution < -0.4 is 10.2 Å². The second-order valence-corrected chi connectivity index (χ2v) is 8.30. The molecule has 0 aliphatic carbocycles. The first kappa shape index (κ1) is 21.2. The van der Waals surface area contributed by atoms with Crippen LogP contribution in [0.2, 0.25) is 0 Å². The van der Waals surface area contributed by atoms with Gasteiger partial charge in [0, 0.05) is 19.6 Å². The van der Waals surface area contributed by atoms with Crippen molar-refractivity contribution in [3.05, 3.63) is 53.5 Å². The summed E-state index contributed by atoms with van der Waals surface area (Å²) in [5, 5.41) is 12.3. The number of rotatable bonds is 6. The lowest BCUT2D eigenvalue weighted by Gasteiger charge is -2.36. The zero-order chi connectivity index (χ0) is 21.8. The van der Waals surface area contributed by atoms with Crippen LogP contribution >= 0.6 is 0 Å². The summed E-state index contributed by atoms with van der Waals surface area (Å²) in [5.41, 5.74) is 0.150. The normalized spacial score (nSPS) is 19.4. The average Bonchev–Trinajstić information content (AvgIpc) is 3.27. The summed E-state index contributed by atoms with van der Waals surface area (Å²) in [6.07, 6.45) is 6.06. The molecule has 1 amide bonds. The summed E-state index contributed by atoms with van der Waals surface area (Å²) in [5.74, 6) is -1.49. The molecule has 1 atom stereocenters. The van der Waals surface area contributed by atoms with Crippen LogP contribution in [0, 0.1) is 11.7 Å². The van der Waals surface area contributed by atoms with E-state index >= 15 is 0 Å². The van der Waals surface area contributed by atoms with Gasteiger partial charge in [-0.1, -0.05) is 12.1 Å². The SMILES string of the molecule is O=C(Nc1cnc(N2CCCC(CN3CCCC3)C2)c(C(=O)O)c1)c1ccccc1F. The topological polar surface area (TPSA) is 85.8 Å². The number of hydrogen-bond acceptors (Lipinski definition) is 5. The van der Waals surface area contributed by atoms with Crippen molar-refractivity contribution < 1.29 is 19.1 Å². The highest BCUT2D eigenvalue weighted by Gasteiger charge is 2.27. The van der Waals surface area contributed by atoms with Gasteiger partial charge in [0.05, 0.1) is 17.4 Å². The van der Waals surface area contributed by atoms with Gasteiger partial charge in [0.25, 0.3) is 5.91 Å². The number of anilines is 2. The number of piperidine rings is 1. The molecule has 2 aromatic rings. The van der Waals surface area contributed by atoms with Crippen molar-refractivity contribution in [3.63, 3.8) is 0 Å². The molecule has 2 saturated heterocycles. The van der Waals surface area contributed by atoms with Crippen LogP contribution in [0.5, 0.6) is 0 Å². The Hall–Kier alpha value is -3.00. The first-order chi connectivity index (χ1) is 15.0. The van der Waals surface area contributed by atoms with Crippen LogP contribution in [0.15, 0.2) is 36.5 Å². The number of carbonyl (C=O) groups excluding carboxylic acids is 1. The van der Waals surface area contributed by atoms with Gasteiger partial charge in [-0.05, 0) is 62.9 Å². The van der Waals surface area contributed by atoms with Gasteiger partial charge in [-0.15, -0.1) is 0 Å². The summed E-state index contributed by atoms with van der Waals surface area (Å²) >= 11 is 0. The Morgan fingerprint density at radius 2 is 1.90 bits per heavy atom. The number of hydrogen-bond donors (Lipinski definition) is 2. The van der Waals surface area contributed by atoms with Crippen LogP contribution in [0.4, 0.5) is 15.9 Å². The quantitative estimate of drug-likeness (QED) is 0.736. The van der Waals surface area contributed by atoms with E-state index < -0.39 is 17.7 Å². The Labute approximate surface area is 180 Å². The molecule has 1 unspecified atom stereocenters. The van der Waals surface area contributed by atoms with Gasteiger partial charge in [-0.3, -0.25) is 4.79 Å². The predicted molar refractivity (Wildman–Crippen MR) is 116 cm³/mol. The van der Waals surface area contributed by atoms with Gasteiger partial charge in [0.1, 0.15) is 17.2 Å². The Morgan fingerprint density at radius 3 is 2.65 bits per heavy atom. The van der Waals surface area contributed by atoms with Crippen LogP contribution in [-0.2, 0) is 0 Å². The second kappa shape index (κ2) is 9.43. The molecular formula is C23H27FN4O3. The van der Waals surface area contributed by atoms with Crippen molar-refractivity contribution in [1.29, 1.82) is 0 Å². The molecule has 0 saturated carbocycles. The fourth-order valence-corrected chi connectivity index (χ4v) is 4.52. The Bertz CT molecular complexity index is 962. The largest absolute Gasteiger partial charge is 0.478 e. The van der Waals surface area contributed by atoms with E-state index in [1.54, 1.807) is 6.07 Å². The number of benzene rings is 1. The van der Waals surface area contributed by atoms with E-state index in [0.717, 1.165) is 45.6 Å². The van der Waals surface area contributed by atoms with E-state index in [2.05, 4.69) is 15.2 Å². The maximum atomic E-state index is 13.9. The monoisotopic (exact) mass is 426 g/mol. The lowest BCUT2D eigenvalue weighted by Crippen LogP contribution is -2.41. The minimum Gasteiger partial charge on any atom is -0.478 e. The molecule has 164 valence electrons. The van der Waals surface area contributed by atoms with Gasteiger partial charge in [0.2, 0.25) is 0 Å². The first-order valence-corrected chi connectivity index (χ1v) is 10.8. The summed E-state index contributed by atoms with van der Waals surface area (Å²) in [6, 6.07) is 7.04. The molecule has 31 heavy (non-hydrogen) atoms. The molecule has 0 bridgehead atoms. The molecule has 1 aromatic carbocycles. The molecule has 0 radical (unpaired) electrons. The van der Waals surface area contributed by atoms with Crippen molar-refractivity contribution >= 4 is 23.4 Å². The van der Waals surface area contributed by atoms with Gasteiger partial charge >= 0.3 is 5.97 Å². The number of nitrogens with one attached hydrogen (secondary N) is 1. The Kier molecular flexibility index (Phi) is 6.46. The minimum absolute atomic E-state index is 0.0353. The molecule has 2 aliphatic rings. The third-order valence-corrected chi connectivity index (χ3v) is 6.01. The molecule has 0 spiro atoms. The van der Waals surface area contributed by atoms with Crippen LogP contribution in [0.3, 0.4) is 0 Å². The molecule has 3 heterocycles. The third kappa shape index (κ3) is 5.02. The highest BCUT2D eigenvalue weighted by atomic mass is 19.1. The lowest BCUT2D eigenvalue weighted by molar-refractivity contribution is 0.0696. The fourth-order valence-electron chi connectivity index (χ4n) is 4.52. The lowest BCUT2D eigenvalue weighted by atomic mass is 9.97. The predicted octanol–water partition coefficient (Wildman–Crippen LogP) is 3.48. The maximum absolute atomic E-state index is 13.9. The minimum atomic E-state index is -1.11. The number of aromatic nitrogens is 1. The Morgan fingerprint density at radius 1 is 1.13 bits per heavy atom. The number of carboxylic acids is 1.